The fraction of sp³-hybridized carbons (Fsp3) is 0.176. The Morgan fingerprint density at radius 2 is 2.04 bits per heavy atom. The van der Waals surface area contributed by atoms with Gasteiger partial charge in [0.1, 0.15) is 11.6 Å². The normalized spacial score (nSPS) is 12.0. The molecule has 1 aromatic heterocycles. The number of fused-ring (bicyclic) bond motifs is 2. The monoisotopic (exact) mass is 329 g/mol. The zero-order valence-corrected chi connectivity index (χ0v) is 13.4. The van der Waals surface area contributed by atoms with Crippen molar-refractivity contribution < 1.29 is 4.74 Å². The maximum atomic E-state index is 12.7. The average molecular weight is 330 g/mol. The summed E-state index contributed by atoms with van der Waals surface area (Å²) in [6.07, 6.45) is 0. The number of aliphatic imine (C=N–C) groups is 1. The number of hydrogen-bond acceptors (Lipinski definition) is 3. The molecular formula is C17H16ClN3O2. The van der Waals surface area contributed by atoms with Crippen LogP contribution in [0, 0.1) is 0 Å². The van der Waals surface area contributed by atoms with Gasteiger partial charge >= 0.3 is 0 Å². The first-order valence-electron chi connectivity index (χ1n) is 7.24. The van der Waals surface area contributed by atoms with Gasteiger partial charge in [0.25, 0.3) is 0 Å². The molecule has 23 heavy (non-hydrogen) atoms. The maximum absolute atomic E-state index is 12.7. The molecule has 0 aliphatic carbocycles. The molecular weight excluding hydrogens is 314 g/mol. The Bertz CT molecular complexity index is 963. The summed E-state index contributed by atoms with van der Waals surface area (Å²) in [5.41, 5.74) is 7.70. The molecule has 1 heterocycles. The van der Waals surface area contributed by atoms with Gasteiger partial charge < -0.3 is 15.5 Å². The zero-order chi connectivity index (χ0) is 16.4. The van der Waals surface area contributed by atoms with Gasteiger partial charge in [-0.05, 0) is 43.3 Å². The highest BCUT2D eigenvalue weighted by molar-refractivity contribution is 6.28. The smallest absolute Gasteiger partial charge is 0.197 e. The molecule has 0 atom stereocenters. The Hall–Kier alpha value is -2.53. The molecule has 0 fully saturated rings. The Labute approximate surface area is 137 Å². The minimum Gasteiger partial charge on any atom is -0.494 e. The number of pyridine rings is 1. The van der Waals surface area contributed by atoms with Gasteiger partial charge in [0.2, 0.25) is 0 Å². The van der Waals surface area contributed by atoms with E-state index in [4.69, 9.17) is 22.1 Å². The molecule has 0 aliphatic heterocycles. The zero-order valence-electron chi connectivity index (χ0n) is 12.6. The van der Waals surface area contributed by atoms with E-state index < -0.39 is 0 Å². The fourth-order valence-corrected chi connectivity index (χ4v) is 2.53. The molecule has 3 aromatic rings. The summed E-state index contributed by atoms with van der Waals surface area (Å²) >= 11 is 5.64. The first-order valence-corrected chi connectivity index (χ1v) is 7.77. The quantitative estimate of drug-likeness (QED) is 0.333. The second kappa shape index (κ2) is 6.30. The Morgan fingerprint density at radius 3 is 2.78 bits per heavy atom. The Morgan fingerprint density at radius 1 is 1.22 bits per heavy atom. The van der Waals surface area contributed by atoms with Crippen molar-refractivity contribution in [2.24, 2.45) is 10.7 Å². The fourth-order valence-electron chi connectivity index (χ4n) is 2.47. The molecule has 0 unspecified atom stereocenters. The lowest BCUT2D eigenvalue weighted by Crippen LogP contribution is -2.12. The molecule has 2 aromatic carbocycles. The predicted molar refractivity (Wildman–Crippen MR) is 95.2 cm³/mol. The number of hydrogen-bond donors (Lipinski definition) is 2. The van der Waals surface area contributed by atoms with E-state index in [1.54, 1.807) is 24.3 Å². The summed E-state index contributed by atoms with van der Waals surface area (Å²) in [4.78, 5) is 20.1. The summed E-state index contributed by atoms with van der Waals surface area (Å²) in [6, 6.07) is 10.7. The van der Waals surface area contributed by atoms with Crippen molar-refractivity contribution in [2.75, 3.05) is 12.5 Å². The van der Waals surface area contributed by atoms with Crippen molar-refractivity contribution >= 4 is 44.9 Å². The number of ether oxygens (including phenoxy) is 1. The number of rotatable bonds is 4. The molecule has 0 saturated heterocycles. The maximum Gasteiger partial charge on any atom is 0.197 e. The van der Waals surface area contributed by atoms with E-state index in [0.717, 1.165) is 5.52 Å². The second-order valence-corrected chi connectivity index (χ2v) is 5.33. The van der Waals surface area contributed by atoms with Crippen LogP contribution in [0.2, 0.25) is 0 Å². The molecule has 118 valence electrons. The number of aromatic nitrogens is 1. The largest absolute Gasteiger partial charge is 0.494 e. The van der Waals surface area contributed by atoms with Crippen molar-refractivity contribution in [1.82, 2.24) is 4.98 Å². The Kier molecular flexibility index (Phi) is 4.21. The van der Waals surface area contributed by atoms with Crippen molar-refractivity contribution in [1.29, 1.82) is 0 Å². The molecule has 0 aliphatic rings. The van der Waals surface area contributed by atoms with Crippen molar-refractivity contribution in [3.63, 3.8) is 0 Å². The third-order valence-corrected chi connectivity index (χ3v) is 3.75. The predicted octanol–water partition coefficient (Wildman–Crippen LogP) is 3.31. The second-order valence-electron chi connectivity index (χ2n) is 5.06. The van der Waals surface area contributed by atoms with Gasteiger partial charge in [-0.25, -0.2) is 4.99 Å². The molecule has 0 amide bonds. The van der Waals surface area contributed by atoms with Crippen LogP contribution in [-0.4, -0.2) is 23.3 Å². The van der Waals surface area contributed by atoms with Gasteiger partial charge in [0, 0.05) is 10.8 Å². The van der Waals surface area contributed by atoms with Crippen molar-refractivity contribution in [3.05, 3.63) is 46.6 Å². The van der Waals surface area contributed by atoms with E-state index in [0.29, 0.717) is 40.2 Å². The summed E-state index contributed by atoms with van der Waals surface area (Å²) in [7, 11) is 0. The number of H-pyrrole nitrogens is 1. The first-order chi connectivity index (χ1) is 11.1. The SMILES string of the molecule is CCOc1ccc2[nH]c3cc(N=C(N)CCl)ccc3c(=O)c2c1. The minimum absolute atomic E-state index is 0.0452. The Balaban J connectivity index is 2.21. The van der Waals surface area contributed by atoms with Crippen LogP contribution in [0.5, 0.6) is 5.75 Å². The number of nitrogens with zero attached hydrogens (tertiary/aromatic N) is 1. The van der Waals surface area contributed by atoms with Gasteiger partial charge in [-0.3, -0.25) is 4.79 Å². The lowest BCUT2D eigenvalue weighted by atomic mass is 10.1. The minimum atomic E-state index is -0.0452. The first kappa shape index (κ1) is 15.4. The summed E-state index contributed by atoms with van der Waals surface area (Å²) in [5.74, 6) is 1.17. The third-order valence-electron chi connectivity index (χ3n) is 3.47. The van der Waals surface area contributed by atoms with Crippen molar-refractivity contribution in [2.45, 2.75) is 6.92 Å². The molecule has 0 radical (unpaired) electrons. The standard InChI is InChI=1S/C17H16ClN3O2/c1-2-23-11-4-6-14-13(8-11)17(22)12-5-3-10(7-15(12)21-14)20-16(19)9-18/h3-8H,2,9H2,1H3,(H2,19,20)(H,21,22). The van der Waals surface area contributed by atoms with E-state index in [9.17, 15) is 4.79 Å². The van der Waals surface area contributed by atoms with Crippen molar-refractivity contribution in [3.8, 4) is 5.75 Å². The van der Waals surface area contributed by atoms with E-state index in [1.165, 1.54) is 0 Å². The van der Waals surface area contributed by atoms with Gasteiger partial charge in [-0.2, -0.15) is 0 Å². The van der Waals surface area contributed by atoms with Crippen LogP contribution in [0.15, 0.2) is 46.2 Å². The average Bonchev–Trinajstić information content (AvgIpc) is 2.55. The van der Waals surface area contributed by atoms with E-state index in [-0.39, 0.29) is 11.3 Å². The van der Waals surface area contributed by atoms with E-state index in [1.807, 2.05) is 19.1 Å². The van der Waals surface area contributed by atoms with Crippen LogP contribution < -0.4 is 15.9 Å². The summed E-state index contributed by atoms with van der Waals surface area (Å²) in [5, 5.41) is 1.19. The number of nitrogens with two attached hydrogens (primary N) is 1. The molecule has 3 rings (SSSR count). The number of halogens is 1. The highest BCUT2D eigenvalue weighted by atomic mass is 35.5. The number of amidine groups is 1. The van der Waals surface area contributed by atoms with Crippen LogP contribution >= 0.6 is 11.6 Å². The van der Waals surface area contributed by atoms with Crippen LogP contribution in [0.4, 0.5) is 5.69 Å². The van der Waals surface area contributed by atoms with Gasteiger partial charge in [-0.1, -0.05) is 0 Å². The number of alkyl halides is 1. The molecule has 6 heteroatoms. The van der Waals surface area contributed by atoms with Crippen LogP contribution in [-0.2, 0) is 0 Å². The topological polar surface area (TPSA) is 80.5 Å². The lowest BCUT2D eigenvalue weighted by molar-refractivity contribution is 0.340. The summed E-state index contributed by atoms with van der Waals surface area (Å²) in [6.45, 7) is 2.46. The van der Waals surface area contributed by atoms with Crippen LogP contribution in [0.25, 0.3) is 21.8 Å². The summed E-state index contributed by atoms with van der Waals surface area (Å²) < 4.78 is 5.46. The number of benzene rings is 2. The highest BCUT2D eigenvalue weighted by Crippen LogP contribution is 2.23. The van der Waals surface area contributed by atoms with E-state index >= 15 is 0 Å². The van der Waals surface area contributed by atoms with Crippen LogP contribution in [0.1, 0.15) is 6.92 Å². The highest BCUT2D eigenvalue weighted by Gasteiger charge is 2.07. The van der Waals surface area contributed by atoms with Gasteiger partial charge in [0.05, 0.1) is 29.2 Å². The third kappa shape index (κ3) is 3.00. The molecule has 0 bridgehead atoms. The van der Waals surface area contributed by atoms with Gasteiger partial charge in [0.15, 0.2) is 5.43 Å². The molecule has 0 saturated carbocycles. The lowest BCUT2D eigenvalue weighted by Gasteiger charge is -2.07. The number of aromatic amines is 1. The molecule has 5 nitrogen and oxygen atoms in total. The number of nitrogens with one attached hydrogen (secondary N) is 1. The van der Waals surface area contributed by atoms with E-state index in [2.05, 4.69) is 9.98 Å². The van der Waals surface area contributed by atoms with Gasteiger partial charge in [-0.15, -0.1) is 11.6 Å². The van der Waals surface area contributed by atoms with Crippen LogP contribution in [0.3, 0.4) is 0 Å². The molecule has 3 N–H and O–H groups in total. The molecule has 0 spiro atoms.